The molecule has 2 heterocycles. The van der Waals surface area contributed by atoms with Crippen molar-refractivity contribution < 1.29 is 4.52 Å². The third kappa shape index (κ3) is 2.18. The van der Waals surface area contributed by atoms with Gasteiger partial charge in [-0.05, 0) is 37.2 Å². The normalized spacial score (nSPS) is 19.7. The lowest BCUT2D eigenvalue weighted by molar-refractivity contribution is 0.417. The molecule has 5 heteroatoms. The summed E-state index contributed by atoms with van der Waals surface area (Å²) in [5.41, 5.74) is 0.902. The summed E-state index contributed by atoms with van der Waals surface area (Å²) in [7, 11) is 0. The van der Waals surface area contributed by atoms with Gasteiger partial charge in [0.2, 0.25) is 0 Å². The molecule has 0 spiro atoms. The zero-order valence-corrected chi connectivity index (χ0v) is 9.94. The van der Waals surface area contributed by atoms with Gasteiger partial charge in [0.25, 0.3) is 5.89 Å². The van der Waals surface area contributed by atoms with Crippen molar-refractivity contribution >= 4 is 11.6 Å². The molecule has 1 aliphatic rings. The highest BCUT2D eigenvalue weighted by atomic mass is 35.5. The highest BCUT2D eigenvalue weighted by Gasteiger charge is 2.22. The Balaban J connectivity index is 1.86. The largest absolute Gasteiger partial charge is 0.334 e. The quantitative estimate of drug-likeness (QED) is 0.888. The molecule has 0 bridgehead atoms. The Kier molecular flexibility index (Phi) is 2.82. The lowest BCUT2D eigenvalue weighted by Crippen LogP contribution is -2.08. The van der Waals surface area contributed by atoms with Crippen LogP contribution in [-0.2, 0) is 0 Å². The molecular formula is C12H12ClN3O. The Morgan fingerprint density at radius 3 is 2.82 bits per heavy atom. The van der Waals surface area contributed by atoms with Crippen LogP contribution in [0.3, 0.4) is 0 Å². The molecule has 17 heavy (non-hydrogen) atoms. The zero-order chi connectivity index (χ0) is 11.7. The van der Waals surface area contributed by atoms with Crippen LogP contribution in [0.5, 0.6) is 0 Å². The number of hydrogen-bond acceptors (Lipinski definition) is 4. The lowest BCUT2D eigenvalue weighted by Gasteiger charge is -1.98. The monoisotopic (exact) mass is 249 g/mol. The highest BCUT2D eigenvalue weighted by molar-refractivity contribution is 6.30. The Morgan fingerprint density at radius 1 is 1.29 bits per heavy atom. The van der Waals surface area contributed by atoms with Crippen LogP contribution in [0.2, 0.25) is 5.02 Å². The van der Waals surface area contributed by atoms with Gasteiger partial charge >= 0.3 is 0 Å². The van der Waals surface area contributed by atoms with Crippen molar-refractivity contribution in [2.24, 2.45) is 0 Å². The first-order chi connectivity index (χ1) is 8.33. The van der Waals surface area contributed by atoms with E-state index in [1.165, 1.54) is 0 Å². The van der Waals surface area contributed by atoms with Crippen LogP contribution < -0.4 is 5.32 Å². The number of nitrogens with one attached hydrogen (secondary N) is 1. The molecule has 1 saturated heterocycles. The topological polar surface area (TPSA) is 51.0 Å². The van der Waals surface area contributed by atoms with E-state index in [0.29, 0.717) is 16.8 Å². The van der Waals surface area contributed by atoms with Crippen LogP contribution in [0.25, 0.3) is 11.5 Å². The van der Waals surface area contributed by atoms with Gasteiger partial charge in [0, 0.05) is 23.0 Å². The third-order valence-corrected chi connectivity index (χ3v) is 3.21. The minimum Gasteiger partial charge on any atom is -0.334 e. The molecule has 1 aromatic carbocycles. The summed E-state index contributed by atoms with van der Waals surface area (Å²) in [6, 6.07) is 7.40. The van der Waals surface area contributed by atoms with Gasteiger partial charge in [-0.3, -0.25) is 0 Å². The molecule has 1 aromatic heterocycles. The van der Waals surface area contributed by atoms with E-state index in [4.69, 9.17) is 16.1 Å². The van der Waals surface area contributed by atoms with Gasteiger partial charge in [0.15, 0.2) is 5.82 Å². The maximum Gasteiger partial charge on any atom is 0.257 e. The van der Waals surface area contributed by atoms with Crippen LogP contribution >= 0.6 is 11.6 Å². The molecule has 0 saturated carbocycles. The van der Waals surface area contributed by atoms with Gasteiger partial charge in [-0.1, -0.05) is 16.8 Å². The second-order valence-corrected chi connectivity index (χ2v) is 4.59. The second-order valence-electron chi connectivity index (χ2n) is 4.15. The first-order valence-corrected chi connectivity index (χ1v) is 6.01. The van der Waals surface area contributed by atoms with Crippen molar-refractivity contribution in [1.29, 1.82) is 0 Å². The number of aromatic nitrogens is 2. The first-order valence-electron chi connectivity index (χ1n) is 5.63. The van der Waals surface area contributed by atoms with Crippen molar-refractivity contribution in [2.45, 2.75) is 12.3 Å². The fourth-order valence-corrected chi connectivity index (χ4v) is 2.11. The SMILES string of the molecule is Clc1ccc(-c2nc([C@@H]3CCNC3)no2)cc1. The predicted octanol–water partition coefficient (Wildman–Crippen LogP) is 2.47. The summed E-state index contributed by atoms with van der Waals surface area (Å²) in [5.74, 6) is 1.73. The number of halogens is 1. The summed E-state index contributed by atoms with van der Waals surface area (Å²) in [6.45, 7) is 1.95. The summed E-state index contributed by atoms with van der Waals surface area (Å²) in [5, 5.41) is 8.03. The highest BCUT2D eigenvalue weighted by Crippen LogP contribution is 2.24. The average molecular weight is 250 g/mol. The van der Waals surface area contributed by atoms with Crippen LogP contribution in [-0.4, -0.2) is 23.2 Å². The van der Waals surface area contributed by atoms with Crippen molar-refractivity contribution in [3.05, 3.63) is 35.1 Å². The van der Waals surface area contributed by atoms with E-state index in [0.717, 1.165) is 30.9 Å². The van der Waals surface area contributed by atoms with Gasteiger partial charge in [0.05, 0.1) is 0 Å². The standard InChI is InChI=1S/C12H12ClN3O/c13-10-3-1-8(2-4-10)12-15-11(16-17-12)9-5-6-14-7-9/h1-4,9,14H,5-7H2/t9-/m1/s1. The van der Waals surface area contributed by atoms with E-state index in [2.05, 4.69) is 15.5 Å². The Bertz CT molecular complexity index is 503. The second kappa shape index (κ2) is 4.47. The van der Waals surface area contributed by atoms with Crippen molar-refractivity contribution in [2.75, 3.05) is 13.1 Å². The maximum absolute atomic E-state index is 5.83. The van der Waals surface area contributed by atoms with Crippen LogP contribution in [0, 0.1) is 0 Å². The minimum absolute atomic E-state index is 0.375. The molecule has 0 aliphatic carbocycles. The Labute approximate surface area is 104 Å². The molecule has 0 amide bonds. The molecule has 4 nitrogen and oxygen atoms in total. The van der Waals surface area contributed by atoms with Gasteiger partial charge in [-0.15, -0.1) is 0 Å². The molecule has 88 valence electrons. The van der Waals surface area contributed by atoms with Crippen LogP contribution in [0.4, 0.5) is 0 Å². The van der Waals surface area contributed by atoms with Crippen molar-refractivity contribution in [3.63, 3.8) is 0 Å². The van der Waals surface area contributed by atoms with Crippen molar-refractivity contribution in [3.8, 4) is 11.5 Å². The minimum atomic E-state index is 0.375. The molecule has 2 aromatic rings. The summed E-state index contributed by atoms with van der Waals surface area (Å²) in [6.07, 6.45) is 1.07. The number of benzene rings is 1. The molecule has 3 rings (SSSR count). The van der Waals surface area contributed by atoms with Gasteiger partial charge in [-0.2, -0.15) is 4.98 Å². The van der Waals surface area contributed by atoms with E-state index in [1.54, 1.807) is 0 Å². The number of rotatable bonds is 2. The van der Waals surface area contributed by atoms with Gasteiger partial charge in [0.1, 0.15) is 0 Å². The molecule has 1 fully saturated rings. The molecular weight excluding hydrogens is 238 g/mol. The number of hydrogen-bond donors (Lipinski definition) is 1. The fraction of sp³-hybridized carbons (Fsp3) is 0.333. The predicted molar refractivity (Wildman–Crippen MR) is 65.0 cm³/mol. The van der Waals surface area contributed by atoms with Crippen LogP contribution in [0.15, 0.2) is 28.8 Å². The number of nitrogens with zero attached hydrogens (tertiary/aromatic N) is 2. The fourth-order valence-electron chi connectivity index (χ4n) is 1.99. The molecule has 0 unspecified atom stereocenters. The van der Waals surface area contributed by atoms with E-state index in [1.807, 2.05) is 24.3 Å². The van der Waals surface area contributed by atoms with E-state index < -0.39 is 0 Å². The summed E-state index contributed by atoms with van der Waals surface area (Å²) < 4.78 is 5.27. The van der Waals surface area contributed by atoms with E-state index in [9.17, 15) is 0 Å². The van der Waals surface area contributed by atoms with Crippen molar-refractivity contribution in [1.82, 2.24) is 15.5 Å². The summed E-state index contributed by atoms with van der Waals surface area (Å²) in [4.78, 5) is 4.43. The smallest absolute Gasteiger partial charge is 0.257 e. The average Bonchev–Trinajstić information content (AvgIpc) is 3.00. The van der Waals surface area contributed by atoms with Gasteiger partial charge < -0.3 is 9.84 Å². The Morgan fingerprint density at radius 2 is 2.12 bits per heavy atom. The molecule has 1 N–H and O–H groups in total. The van der Waals surface area contributed by atoms with E-state index >= 15 is 0 Å². The van der Waals surface area contributed by atoms with E-state index in [-0.39, 0.29) is 0 Å². The molecule has 1 atom stereocenters. The zero-order valence-electron chi connectivity index (χ0n) is 9.19. The molecule has 0 radical (unpaired) electrons. The van der Waals surface area contributed by atoms with Gasteiger partial charge in [-0.25, -0.2) is 0 Å². The maximum atomic E-state index is 5.83. The summed E-state index contributed by atoms with van der Waals surface area (Å²) >= 11 is 5.83. The molecule has 1 aliphatic heterocycles. The van der Waals surface area contributed by atoms with Crippen LogP contribution in [0.1, 0.15) is 18.2 Å². The third-order valence-electron chi connectivity index (χ3n) is 2.96. The lowest BCUT2D eigenvalue weighted by atomic mass is 10.1. The first kappa shape index (κ1) is 10.7. The Hall–Kier alpha value is -1.39.